The maximum absolute atomic E-state index is 12.6. The summed E-state index contributed by atoms with van der Waals surface area (Å²) in [6, 6.07) is 56.5. The quantitative estimate of drug-likeness (QED) is 0.0887. The predicted molar refractivity (Wildman–Crippen MR) is 282 cm³/mol. The zero-order chi connectivity index (χ0) is 48.4. The Balaban J connectivity index is 0.881. The van der Waals surface area contributed by atoms with Crippen LogP contribution in [0.2, 0.25) is 0 Å². The van der Waals surface area contributed by atoms with Gasteiger partial charge < -0.3 is 28.7 Å². The van der Waals surface area contributed by atoms with Crippen molar-refractivity contribution in [1.29, 1.82) is 0 Å². The molecule has 358 valence electrons. The van der Waals surface area contributed by atoms with E-state index in [-0.39, 0.29) is 11.9 Å². The smallest absolute Gasteiger partial charge is 0.308 e. The Morgan fingerprint density at radius 1 is 0.414 bits per heavy atom. The van der Waals surface area contributed by atoms with Crippen molar-refractivity contribution in [1.82, 2.24) is 0 Å². The van der Waals surface area contributed by atoms with Gasteiger partial charge in [0, 0.05) is 59.8 Å². The molecule has 0 bridgehead atoms. The number of aryl methyl sites for hydroxylation is 6. The number of rotatable bonds is 16. The molecule has 2 unspecified atom stereocenters. The standard InChI is InChI=1S/C62H64N2O6/c1-43-11-27-57(41-45(43)3)63(53-29-13-47(14-30-53)17-37-59(65)69-61-9-5-7-39-67-61)55-33-23-51(24-34-55)49-19-21-50(22-20-49)52-25-35-56(36-26-52)64(58-28-12-44(2)46(4)42-58)54-31-15-48(16-32-54)18-38-60(66)70-62-10-6-8-40-68-62/h11-16,19-36,41-42,61-62H,5-10,17-18,37-40H2,1-4H3. The first-order valence-corrected chi connectivity index (χ1v) is 25.0. The van der Waals surface area contributed by atoms with Crippen molar-refractivity contribution in [2.75, 3.05) is 23.0 Å². The van der Waals surface area contributed by atoms with Gasteiger partial charge in [-0.25, -0.2) is 0 Å². The Kier molecular flexibility index (Phi) is 15.5. The van der Waals surface area contributed by atoms with Crippen LogP contribution in [0, 0.1) is 27.7 Å². The fourth-order valence-electron chi connectivity index (χ4n) is 9.22. The highest BCUT2D eigenvalue weighted by Gasteiger charge is 2.21. The lowest BCUT2D eigenvalue weighted by atomic mass is 9.99. The predicted octanol–water partition coefficient (Wildman–Crippen LogP) is 15.2. The molecule has 7 aromatic rings. The molecule has 9 rings (SSSR count). The number of ether oxygens (including phenoxy) is 4. The lowest BCUT2D eigenvalue weighted by Crippen LogP contribution is -2.25. The molecule has 0 N–H and O–H groups in total. The first kappa shape index (κ1) is 48.0. The van der Waals surface area contributed by atoms with Gasteiger partial charge in [-0.3, -0.25) is 9.59 Å². The number of benzene rings is 7. The maximum Gasteiger partial charge on any atom is 0.308 e. The van der Waals surface area contributed by atoms with E-state index in [1.807, 2.05) is 0 Å². The van der Waals surface area contributed by atoms with Crippen molar-refractivity contribution < 1.29 is 28.5 Å². The zero-order valence-corrected chi connectivity index (χ0v) is 41.0. The van der Waals surface area contributed by atoms with E-state index < -0.39 is 12.6 Å². The van der Waals surface area contributed by atoms with Gasteiger partial charge in [0.05, 0.1) is 13.2 Å². The zero-order valence-electron chi connectivity index (χ0n) is 41.0. The lowest BCUT2D eigenvalue weighted by Gasteiger charge is -2.27. The van der Waals surface area contributed by atoms with Crippen LogP contribution in [0.3, 0.4) is 0 Å². The molecule has 2 heterocycles. The Labute approximate surface area is 413 Å². The van der Waals surface area contributed by atoms with Crippen LogP contribution in [0.25, 0.3) is 22.3 Å². The third-order valence-electron chi connectivity index (χ3n) is 13.7. The molecular formula is C62H64N2O6. The van der Waals surface area contributed by atoms with Crippen molar-refractivity contribution in [3.8, 4) is 22.3 Å². The second-order valence-corrected chi connectivity index (χ2v) is 18.8. The highest BCUT2D eigenvalue weighted by atomic mass is 16.7. The van der Waals surface area contributed by atoms with Gasteiger partial charge in [0.15, 0.2) is 0 Å². The average Bonchev–Trinajstić information content (AvgIpc) is 3.39. The normalized spacial score (nSPS) is 15.8. The summed E-state index contributed by atoms with van der Waals surface area (Å²) in [5.41, 5.74) is 18.0. The molecule has 0 saturated carbocycles. The Morgan fingerprint density at radius 2 is 0.729 bits per heavy atom. The van der Waals surface area contributed by atoms with E-state index >= 15 is 0 Å². The van der Waals surface area contributed by atoms with Crippen molar-refractivity contribution in [3.63, 3.8) is 0 Å². The van der Waals surface area contributed by atoms with Crippen LogP contribution in [0.15, 0.2) is 158 Å². The van der Waals surface area contributed by atoms with Crippen LogP contribution >= 0.6 is 0 Å². The number of anilines is 6. The average molecular weight is 933 g/mol. The summed E-state index contributed by atoms with van der Waals surface area (Å²) in [6.45, 7) is 9.89. The largest absolute Gasteiger partial charge is 0.436 e. The molecule has 2 aliphatic rings. The SMILES string of the molecule is Cc1ccc(N(c2ccc(CCC(=O)OC3CCCCO3)cc2)c2ccc(-c3ccc(-c4ccc(N(c5ccc(CCC(=O)OC6CCCCO6)cc5)c5ccc(C)c(C)c5)cc4)cc3)cc2)cc1C. The van der Waals surface area contributed by atoms with Crippen LogP contribution in [0.1, 0.15) is 84.7 Å². The fourth-order valence-corrected chi connectivity index (χ4v) is 9.22. The van der Waals surface area contributed by atoms with Gasteiger partial charge in [0.1, 0.15) is 0 Å². The topological polar surface area (TPSA) is 77.5 Å². The molecule has 8 nitrogen and oxygen atoms in total. The Bertz CT molecular complexity index is 2650. The van der Waals surface area contributed by atoms with Crippen molar-refractivity contribution in [3.05, 3.63) is 191 Å². The van der Waals surface area contributed by atoms with Gasteiger partial charge in [0.25, 0.3) is 0 Å². The van der Waals surface area contributed by atoms with E-state index in [2.05, 4.69) is 195 Å². The summed E-state index contributed by atoms with van der Waals surface area (Å²) in [4.78, 5) is 29.7. The van der Waals surface area contributed by atoms with Gasteiger partial charge in [-0.05, 0) is 195 Å². The number of hydrogen-bond donors (Lipinski definition) is 0. The minimum absolute atomic E-state index is 0.215. The van der Waals surface area contributed by atoms with E-state index in [1.165, 1.54) is 22.3 Å². The van der Waals surface area contributed by atoms with E-state index in [1.54, 1.807) is 0 Å². The molecular weight excluding hydrogens is 869 g/mol. The molecule has 2 aliphatic heterocycles. The van der Waals surface area contributed by atoms with Crippen molar-refractivity contribution in [2.24, 2.45) is 0 Å². The van der Waals surface area contributed by atoms with E-state index in [9.17, 15) is 9.59 Å². The van der Waals surface area contributed by atoms with Gasteiger partial charge in [-0.15, -0.1) is 0 Å². The third kappa shape index (κ3) is 12.0. The van der Waals surface area contributed by atoms with Crippen molar-refractivity contribution in [2.45, 2.75) is 104 Å². The Morgan fingerprint density at radius 3 is 1.04 bits per heavy atom. The summed E-state index contributed by atoms with van der Waals surface area (Å²) in [6.07, 6.45) is 6.67. The lowest BCUT2D eigenvalue weighted by molar-refractivity contribution is -0.187. The first-order valence-electron chi connectivity index (χ1n) is 25.0. The fraction of sp³-hybridized carbons (Fsp3) is 0.290. The van der Waals surface area contributed by atoms with Crippen LogP contribution in [0.4, 0.5) is 34.1 Å². The summed E-state index contributed by atoms with van der Waals surface area (Å²) in [5.74, 6) is -0.431. The third-order valence-corrected chi connectivity index (χ3v) is 13.7. The van der Waals surface area contributed by atoms with Gasteiger partial charge in [0.2, 0.25) is 12.6 Å². The molecule has 0 spiro atoms. The summed E-state index contributed by atoms with van der Waals surface area (Å²) < 4.78 is 22.3. The number of carbonyl (C=O) groups is 2. The van der Waals surface area contributed by atoms with Gasteiger partial charge in [-0.1, -0.05) is 84.9 Å². The summed E-state index contributed by atoms with van der Waals surface area (Å²) in [5, 5.41) is 0. The molecule has 0 amide bonds. The molecule has 2 fully saturated rings. The molecule has 7 aromatic carbocycles. The second-order valence-electron chi connectivity index (χ2n) is 18.8. The van der Waals surface area contributed by atoms with E-state index in [0.29, 0.717) is 38.9 Å². The number of hydrogen-bond acceptors (Lipinski definition) is 8. The number of carbonyl (C=O) groups excluding carboxylic acids is 2. The minimum atomic E-state index is -0.408. The number of nitrogens with zero attached hydrogens (tertiary/aromatic N) is 2. The highest BCUT2D eigenvalue weighted by molar-refractivity contribution is 5.81. The monoisotopic (exact) mass is 932 g/mol. The molecule has 8 heteroatoms. The molecule has 70 heavy (non-hydrogen) atoms. The van der Waals surface area contributed by atoms with Gasteiger partial charge in [-0.2, -0.15) is 0 Å². The minimum Gasteiger partial charge on any atom is -0.436 e. The second kappa shape index (κ2) is 22.6. The molecule has 2 saturated heterocycles. The van der Waals surface area contributed by atoms with Crippen molar-refractivity contribution >= 4 is 46.1 Å². The molecule has 0 radical (unpaired) electrons. The summed E-state index contributed by atoms with van der Waals surface area (Å²) >= 11 is 0. The van der Waals surface area contributed by atoms with E-state index in [4.69, 9.17) is 18.9 Å². The molecule has 0 aromatic heterocycles. The number of esters is 2. The first-order chi connectivity index (χ1) is 34.1. The Hall–Kier alpha value is -7.00. The van der Waals surface area contributed by atoms with Gasteiger partial charge >= 0.3 is 11.9 Å². The van der Waals surface area contributed by atoms with Crippen LogP contribution < -0.4 is 9.80 Å². The van der Waals surface area contributed by atoms with Crippen LogP contribution in [-0.4, -0.2) is 37.7 Å². The molecule has 2 atom stereocenters. The van der Waals surface area contributed by atoms with Crippen LogP contribution in [-0.2, 0) is 41.4 Å². The molecule has 0 aliphatic carbocycles. The maximum atomic E-state index is 12.6. The highest BCUT2D eigenvalue weighted by Crippen LogP contribution is 2.39. The summed E-state index contributed by atoms with van der Waals surface area (Å²) in [7, 11) is 0. The van der Waals surface area contributed by atoms with E-state index in [0.717, 1.165) is 106 Å². The van der Waals surface area contributed by atoms with Crippen LogP contribution in [0.5, 0.6) is 0 Å².